The van der Waals surface area contributed by atoms with Crippen LogP contribution in [0.15, 0.2) is 72.2 Å². The van der Waals surface area contributed by atoms with Crippen molar-refractivity contribution in [2.45, 2.75) is 18.9 Å². The Morgan fingerprint density at radius 2 is 2.16 bits per heavy atom. The first-order valence-corrected chi connectivity index (χ1v) is 11.2. The van der Waals surface area contributed by atoms with Gasteiger partial charge in [0.25, 0.3) is 0 Å². The molecule has 0 saturated heterocycles. The zero-order valence-corrected chi connectivity index (χ0v) is 19.0. The molecule has 0 radical (unpaired) electrons. The normalized spacial score (nSPS) is 14.5. The summed E-state index contributed by atoms with van der Waals surface area (Å²) < 4.78 is 30.8. The van der Waals surface area contributed by atoms with Crippen LogP contribution in [0.5, 0.6) is 0 Å². The SMILES string of the molecule is C=CC(C/C=C/C(N)CNCS/C(=C(/COC)N=C)c1ccc2cnccc2c1)C(F)F. The second kappa shape index (κ2) is 13.9. The molecule has 1 aromatic carbocycles. The molecule has 3 N–H and O–H groups in total. The monoisotopic (exact) mass is 460 g/mol. The van der Waals surface area contributed by atoms with Crippen molar-refractivity contribution in [1.82, 2.24) is 10.3 Å². The molecule has 5 nitrogen and oxygen atoms in total. The predicted molar refractivity (Wildman–Crippen MR) is 132 cm³/mol. The van der Waals surface area contributed by atoms with Gasteiger partial charge in [0, 0.05) is 54.2 Å². The molecule has 0 saturated carbocycles. The van der Waals surface area contributed by atoms with E-state index in [1.165, 1.54) is 6.08 Å². The number of hydrogen-bond acceptors (Lipinski definition) is 6. The van der Waals surface area contributed by atoms with Crippen molar-refractivity contribution < 1.29 is 13.5 Å². The standard InChI is InChI=1S/C24H30F2N4OS/c1-4-17(24(25)26)6-5-7-21(27)14-30-16-32-23(22(28-2)15-31-3)19-8-9-20-13-29-11-10-18(20)12-19/h4-5,7-13,17,21,24,30H,1-2,6,14-16,27H2,3H3/b7-5+,23-22-. The van der Waals surface area contributed by atoms with E-state index in [-0.39, 0.29) is 12.5 Å². The fraction of sp³-hybridized carbons (Fsp3) is 0.333. The zero-order valence-electron chi connectivity index (χ0n) is 18.2. The fourth-order valence-electron chi connectivity index (χ4n) is 3.01. The summed E-state index contributed by atoms with van der Waals surface area (Å²) in [5, 5.41) is 5.43. The van der Waals surface area contributed by atoms with Crippen molar-refractivity contribution in [1.29, 1.82) is 0 Å². The van der Waals surface area contributed by atoms with Gasteiger partial charge in [-0.3, -0.25) is 9.98 Å². The number of methoxy groups -OCH3 is 1. The molecular formula is C24H30F2N4OS. The van der Waals surface area contributed by atoms with Crippen molar-refractivity contribution >= 4 is 34.2 Å². The van der Waals surface area contributed by atoms with E-state index in [2.05, 4.69) is 34.7 Å². The smallest absolute Gasteiger partial charge is 0.245 e. The van der Waals surface area contributed by atoms with Gasteiger partial charge in [-0.2, -0.15) is 0 Å². The van der Waals surface area contributed by atoms with Crippen LogP contribution in [0.3, 0.4) is 0 Å². The molecule has 32 heavy (non-hydrogen) atoms. The quantitative estimate of drug-likeness (QED) is 0.182. The third-order valence-corrected chi connectivity index (χ3v) is 5.86. The minimum Gasteiger partial charge on any atom is -0.378 e. The number of thioether (sulfide) groups is 1. The van der Waals surface area contributed by atoms with E-state index in [9.17, 15) is 8.78 Å². The summed E-state index contributed by atoms with van der Waals surface area (Å²) in [6.07, 6.45) is 6.10. The highest BCUT2D eigenvalue weighted by Crippen LogP contribution is 2.32. The summed E-state index contributed by atoms with van der Waals surface area (Å²) >= 11 is 1.58. The number of rotatable bonds is 14. The van der Waals surface area contributed by atoms with Gasteiger partial charge in [-0.25, -0.2) is 8.78 Å². The highest BCUT2D eigenvalue weighted by atomic mass is 32.2. The number of fused-ring (bicyclic) bond motifs is 1. The maximum atomic E-state index is 12.7. The summed E-state index contributed by atoms with van der Waals surface area (Å²) in [6, 6.07) is 7.83. The maximum Gasteiger partial charge on any atom is 0.245 e. The van der Waals surface area contributed by atoms with Crippen LogP contribution in [0, 0.1) is 5.92 Å². The molecule has 2 rings (SSSR count). The summed E-state index contributed by atoms with van der Waals surface area (Å²) in [5.74, 6) is -0.265. The summed E-state index contributed by atoms with van der Waals surface area (Å²) in [5.41, 5.74) is 7.83. The Labute approximate surface area is 192 Å². The van der Waals surface area contributed by atoms with Gasteiger partial charge >= 0.3 is 0 Å². The number of nitrogens with one attached hydrogen (secondary N) is 1. The van der Waals surface area contributed by atoms with E-state index in [4.69, 9.17) is 10.5 Å². The molecule has 0 aliphatic heterocycles. The van der Waals surface area contributed by atoms with Gasteiger partial charge < -0.3 is 15.8 Å². The minimum atomic E-state index is -2.42. The molecule has 172 valence electrons. The van der Waals surface area contributed by atoms with Gasteiger partial charge in [-0.1, -0.05) is 30.4 Å². The summed E-state index contributed by atoms with van der Waals surface area (Å²) in [4.78, 5) is 9.28. The number of halogens is 2. The average molecular weight is 461 g/mol. The van der Waals surface area contributed by atoms with Gasteiger partial charge in [0.05, 0.1) is 12.3 Å². The van der Waals surface area contributed by atoms with E-state index in [0.29, 0.717) is 19.0 Å². The molecule has 2 unspecified atom stereocenters. The van der Waals surface area contributed by atoms with E-state index in [1.54, 1.807) is 37.2 Å². The van der Waals surface area contributed by atoms with Crippen LogP contribution < -0.4 is 11.1 Å². The van der Waals surface area contributed by atoms with Crippen molar-refractivity contribution in [2.75, 3.05) is 26.1 Å². The van der Waals surface area contributed by atoms with Crippen LogP contribution in [0.25, 0.3) is 15.7 Å². The Bertz CT molecular complexity index is 948. The number of alkyl halides is 2. The number of hydrogen-bond donors (Lipinski definition) is 2. The number of pyridine rings is 1. The molecule has 0 amide bonds. The fourth-order valence-corrected chi connectivity index (χ4v) is 3.95. The van der Waals surface area contributed by atoms with Crippen molar-refractivity contribution in [3.05, 3.63) is 72.7 Å². The van der Waals surface area contributed by atoms with E-state index in [0.717, 1.165) is 26.9 Å². The van der Waals surface area contributed by atoms with Gasteiger partial charge in [0.2, 0.25) is 6.43 Å². The summed E-state index contributed by atoms with van der Waals surface area (Å²) in [7, 11) is 1.62. The molecule has 8 heteroatoms. The van der Waals surface area contributed by atoms with Crippen molar-refractivity contribution in [3.63, 3.8) is 0 Å². The number of benzene rings is 1. The predicted octanol–water partition coefficient (Wildman–Crippen LogP) is 4.87. The number of aromatic nitrogens is 1. The first kappa shape index (κ1) is 25.9. The first-order chi connectivity index (χ1) is 15.5. The number of nitrogens with zero attached hydrogens (tertiary/aromatic N) is 2. The largest absolute Gasteiger partial charge is 0.378 e. The molecule has 0 spiro atoms. The third kappa shape index (κ3) is 7.94. The lowest BCUT2D eigenvalue weighted by Crippen LogP contribution is -2.32. The van der Waals surface area contributed by atoms with Crippen LogP contribution in [0.1, 0.15) is 12.0 Å². The van der Waals surface area contributed by atoms with Crippen LogP contribution in [-0.2, 0) is 4.74 Å². The first-order valence-electron chi connectivity index (χ1n) is 10.2. The van der Waals surface area contributed by atoms with Crippen LogP contribution >= 0.6 is 11.8 Å². The number of nitrogens with two attached hydrogens (primary N) is 1. The Morgan fingerprint density at radius 1 is 1.34 bits per heavy atom. The van der Waals surface area contributed by atoms with Crippen LogP contribution in [0.2, 0.25) is 0 Å². The van der Waals surface area contributed by atoms with E-state index >= 15 is 0 Å². The maximum absolute atomic E-state index is 12.7. The van der Waals surface area contributed by atoms with Crippen molar-refractivity contribution in [3.8, 4) is 0 Å². The molecule has 0 fully saturated rings. The second-order valence-corrected chi connectivity index (χ2v) is 8.09. The minimum absolute atomic E-state index is 0.222. The lowest BCUT2D eigenvalue weighted by molar-refractivity contribution is 0.102. The second-order valence-electron chi connectivity index (χ2n) is 7.11. The molecule has 1 aromatic heterocycles. The highest BCUT2D eigenvalue weighted by Gasteiger charge is 2.14. The van der Waals surface area contributed by atoms with E-state index in [1.807, 2.05) is 24.4 Å². The third-order valence-electron chi connectivity index (χ3n) is 4.75. The highest BCUT2D eigenvalue weighted by molar-refractivity contribution is 8.08. The van der Waals surface area contributed by atoms with Crippen LogP contribution in [-0.4, -0.2) is 50.3 Å². The lowest BCUT2D eigenvalue weighted by atomic mass is 10.1. The Balaban J connectivity index is 2.00. The van der Waals surface area contributed by atoms with Gasteiger partial charge in [-0.05, 0) is 36.2 Å². The van der Waals surface area contributed by atoms with Gasteiger partial charge in [-0.15, -0.1) is 18.3 Å². The van der Waals surface area contributed by atoms with Crippen molar-refractivity contribution in [2.24, 2.45) is 16.6 Å². The summed E-state index contributed by atoms with van der Waals surface area (Å²) in [6.45, 7) is 7.99. The number of aliphatic imine (C=N–C) groups is 1. The topological polar surface area (TPSA) is 72.5 Å². The molecule has 0 aliphatic carbocycles. The molecule has 0 aliphatic rings. The number of ether oxygens (including phenoxy) is 1. The van der Waals surface area contributed by atoms with Gasteiger partial charge in [0.1, 0.15) is 0 Å². The average Bonchev–Trinajstić information content (AvgIpc) is 2.80. The van der Waals surface area contributed by atoms with Crippen LogP contribution in [0.4, 0.5) is 8.78 Å². The molecule has 2 aromatic rings. The molecular weight excluding hydrogens is 430 g/mol. The lowest BCUT2D eigenvalue weighted by Gasteiger charge is -2.14. The van der Waals surface area contributed by atoms with E-state index < -0.39 is 12.3 Å². The zero-order chi connectivity index (χ0) is 23.3. The molecule has 2 atom stereocenters. The Hall–Kier alpha value is -2.39. The number of allylic oxidation sites excluding steroid dienone is 2. The Morgan fingerprint density at radius 3 is 2.84 bits per heavy atom. The molecule has 1 heterocycles. The Kier molecular flexibility index (Phi) is 11.2. The van der Waals surface area contributed by atoms with Gasteiger partial charge in [0.15, 0.2) is 0 Å². The molecule has 0 bridgehead atoms.